The number of ether oxygens (including phenoxy) is 1. The van der Waals surface area contributed by atoms with Crippen LogP contribution in [0.5, 0.6) is 0 Å². The van der Waals surface area contributed by atoms with Crippen molar-refractivity contribution in [1.29, 1.82) is 0 Å². The van der Waals surface area contributed by atoms with Crippen LogP contribution in [0.3, 0.4) is 0 Å². The van der Waals surface area contributed by atoms with E-state index in [9.17, 15) is 18.8 Å². The summed E-state index contributed by atoms with van der Waals surface area (Å²) in [6, 6.07) is 11.3. The predicted molar refractivity (Wildman–Crippen MR) is 189 cm³/mol. The number of nitrogens with one attached hydrogen (secondary N) is 1. The van der Waals surface area contributed by atoms with Crippen molar-refractivity contribution < 1.29 is 27.9 Å². The van der Waals surface area contributed by atoms with Crippen LogP contribution in [-0.4, -0.2) is 72.6 Å². The average Bonchev–Trinajstić information content (AvgIpc) is 3.32. The van der Waals surface area contributed by atoms with Gasteiger partial charge in [-0.05, 0) is 88.0 Å². The number of fused-ring (bicyclic) bond motifs is 4. The van der Waals surface area contributed by atoms with E-state index in [0.29, 0.717) is 38.2 Å². The summed E-state index contributed by atoms with van der Waals surface area (Å²) in [5.41, 5.74) is 2.29. The Morgan fingerprint density at radius 3 is 2.25 bits per heavy atom. The van der Waals surface area contributed by atoms with Crippen molar-refractivity contribution in [1.82, 2.24) is 14.4 Å². The number of piperidine rings is 1. The molecule has 2 aliphatic heterocycles. The van der Waals surface area contributed by atoms with E-state index in [4.69, 9.17) is 9.16 Å². The molecule has 0 aliphatic carbocycles. The minimum absolute atomic E-state index is 0.0577. The molecule has 3 aromatic rings. The topological polar surface area (TPSA) is 93.1 Å². The molecule has 1 spiro atoms. The lowest BCUT2D eigenvalue weighted by Crippen LogP contribution is -2.57. The first-order valence-electron chi connectivity index (χ1n) is 16.9. The fraction of sp³-hybridized carbons (Fsp3) is 0.541. The third-order valence-corrected chi connectivity index (χ3v) is 14.9. The van der Waals surface area contributed by atoms with Gasteiger partial charge >= 0.3 is 12.1 Å². The Morgan fingerprint density at radius 2 is 1.67 bits per heavy atom. The maximum atomic E-state index is 14.4. The molecule has 11 heteroatoms. The smallest absolute Gasteiger partial charge is 0.419 e. The van der Waals surface area contributed by atoms with Crippen molar-refractivity contribution in [3.8, 4) is 0 Å². The maximum absolute atomic E-state index is 14.4. The van der Waals surface area contributed by atoms with Crippen LogP contribution >= 0.6 is 0 Å². The number of carbonyl (C=O) groups is 3. The first-order chi connectivity index (χ1) is 22.2. The summed E-state index contributed by atoms with van der Waals surface area (Å²) in [6.07, 6.45) is 0.593. The molecule has 3 amide bonds. The zero-order valence-electron chi connectivity index (χ0n) is 30.1. The summed E-state index contributed by atoms with van der Waals surface area (Å²) >= 11 is 0. The Labute approximate surface area is 284 Å². The van der Waals surface area contributed by atoms with Crippen LogP contribution in [0.25, 0.3) is 10.9 Å². The van der Waals surface area contributed by atoms with Crippen LogP contribution in [0.2, 0.25) is 18.1 Å². The molecule has 5 rings (SSSR count). The second kappa shape index (κ2) is 12.6. The number of aryl methyl sites for hydroxylation is 1. The lowest BCUT2D eigenvalue weighted by molar-refractivity contribution is -0.134. The van der Waals surface area contributed by atoms with E-state index in [1.807, 2.05) is 44.7 Å². The number of anilines is 1. The molecule has 1 N–H and O–H groups in total. The fourth-order valence-electron chi connectivity index (χ4n) is 6.76. The highest BCUT2D eigenvalue weighted by Gasteiger charge is 2.51. The molecule has 2 aliphatic rings. The molecule has 260 valence electrons. The number of carbonyl (C=O) groups excluding carboxylic acids is 3. The monoisotopic (exact) mass is 678 g/mol. The van der Waals surface area contributed by atoms with Crippen molar-refractivity contribution in [3.05, 3.63) is 65.1 Å². The summed E-state index contributed by atoms with van der Waals surface area (Å²) < 4.78 is 28.9. The summed E-state index contributed by atoms with van der Waals surface area (Å²) in [4.78, 5) is 44.7. The van der Waals surface area contributed by atoms with E-state index in [2.05, 4.69) is 45.2 Å². The lowest BCUT2D eigenvalue weighted by atomic mass is 9.68. The number of amides is 3. The van der Waals surface area contributed by atoms with Gasteiger partial charge in [-0.25, -0.2) is 18.5 Å². The number of hydrogen-bond acceptors (Lipinski definition) is 5. The third-order valence-electron chi connectivity index (χ3n) is 10.4. The van der Waals surface area contributed by atoms with Gasteiger partial charge in [-0.3, -0.25) is 4.79 Å². The van der Waals surface area contributed by atoms with Gasteiger partial charge in [-0.15, -0.1) is 0 Å². The largest absolute Gasteiger partial charge is 0.443 e. The molecular formula is C37H51FN4O5Si. The molecular weight excluding hydrogens is 628 g/mol. The van der Waals surface area contributed by atoms with Crippen LogP contribution in [0.1, 0.15) is 84.2 Å². The van der Waals surface area contributed by atoms with Crippen LogP contribution in [-0.2, 0) is 19.4 Å². The second-order valence-corrected chi connectivity index (χ2v) is 20.8. The van der Waals surface area contributed by atoms with Gasteiger partial charge < -0.3 is 24.3 Å². The molecule has 9 nitrogen and oxygen atoms in total. The van der Waals surface area contributed by atoms with E-state index in [1.54, 1.807) is 28.5 Å². The fourth-order valence-corrected chi connectivity index (χ4v) is 7.77. The minimum atomic E-state index is -2.25. The quantitative estimate of drug-likeness (QED) is 0.280. The molecule has 1 saturated heterocycles. The summed E-state index contributed by atoms with van der Waals surface area (Å²) in [7, 11) is -2.25. The molecule has 0 unspecified atom stereocenters. The van der Waals surface area contributed by atoms with Crippen molar-refractivity contribution in [3.63, 3.8) is 0 Å². The van der Waals surface area contributed by atoms with Crippen LogP contribution in [0.15, 0.2) is 42.5 Å². The Morgan fingerprint density at radius 1 is 1.02 bits per heavy atom. The van der Waals surface area contributed by atoms with Gasteiger partial charge in [0.1, 0.15) is 11.4 Å². The molecule has 3 heterocycles. The van der Waals surface area contributed by atoms with E-state index < -0.39 is 37.3 Å². The highest BCUT2D eigenvalue weighted by Crippen LogP contribution is 2.51. The van der Waals surface area contributed by atoms with Gasteiger partial charge in [-0.2, -0.15) is 0 Å². The van der Waals surface area contributed by atoms with Gasteiger partial charge in [0.05, 0.1) is 29.5 Å². The number of likely N-dealkylation sites (tertiary alicyclic amines) is 1. The Bertz CT molecular complexity index is 1730. The minimum Gasteiger partial charge on any atom is -0.443 e. The first-order valence-corrected chi connectivity index (χ1v) is 19.8. The Kier molecular flexibility index (Phi) is 9.37. The zero-order chi connectivity index (χ0) is 35.4. The summed E-state index contributed by atoms with van der Waals surface area (Å²) in [5.74, 6) is -0.606. The highest BCUT2D eigenvalue weighted by molar-refractivity contribution is 6.74. The molecule has 2 aromatic carbocycles. The average molecular weight is 679 g/mol. The van der Waals surface area contributed by atoms with E-state index in [-0.39, 0.29) is 29.3 Å². The number of hydrogen-bond donors (Lipinski definition) is 1. The molecule has 0 saturated carbocycles. The van der Waals surface area contributed by atoms with Crippen molar-refractivity contribution in [2.24, 2.45) is 0 Å². The Hall–Kier alpha value is -3.70. The van der Waals surface area contributed by atoms with Gasteiger partial charge in [0.25, 0.3) is 0 Å². The van der Waals surface area contributed by atoms with Crippen LogP contribution in [0.4, 0.5) is 19.7 Å². The molecule has 0 radical (unpaired) electrons. The van der Waals surface area contributed by atoms with Crippen molar-refractivity contribution in [2.75, 3.05) is 31.6 Å². The first kappa shape index (κ1) is 35.6. The van der Waals surface area contributed by atoms with Gasteiger partial charge in [0.2, 0.25) is 5.91 Å². The normalized spacial score (nSPS) is 18.2. The van der Waals surface area contributed by atoms with Crippen molar-refractivity contribution in [2.45, 2.75) is 103 Å². The third kappa shape index (κ3) is 6.76. The number of benzene rings is 2. The van der Waals surface area contributed by atoms with Gasteiger partial charge in [0, 0.05) is 37.4 Å². The van der Waals surface area contributed by atoms with Gasteiger partial charge in [-0.1, -0.05) is 45.0 Å². The number of halogens is 1. The van der Waals surface area contributed by atoms with Crippen LogP contribution < -0.4 is 5.32 Å². The zero-order valence-corrected chi connectivity index (χ0v) is 31.1. The van der Waals surface area contributed by atoms with Crippen molar-refractivity contribution >= 4 is 42.9 Å². The standard InChI is InChI=1S/C37H51FN4O5Si/c1-24-15-16-26-29(21-24)42(34(45)47-35(3,4)5)32-30(22-46-48(9,10)36(6,7)8)41(25(2)43)23-37(31(26)32)17-19-40(20-18-37)33(44)39-28-14-12-11-13-27(28)38/h11-16,21,30H,17-20,22-23H2,1-10H3,(H,39,44)/t30-/m0/s1. The number of urea groups is 1. The molecule has 1 atom stereocenters. The number of para-hydroxylation sites is 1. The highest BCUT2D eigenvalue weighted by atomic mass is 28.4. The number of rotatable bonds is 4. The summed E-state index contributed by atoms with van der Waals surface area (Å²) in [6.45, 7) is 21.5. The maximum Gasteiger partial charge on any atom is 0.419 e. The SMILES string of the molecule is CC(=O)N1CC2(CCN(C(=O)Nc3ccccc3F)CC2)c2c(n(C(=O)OC(C)(C)C)c3cc(C)ccc23)[C@@H]1CO[Si](C)(C)C(C)(C)C. The van der Waals surface area contributed by atoms with Crippen LogP contribution in [0, 0.1) is 12.7 Å². The van der Waals surface area contributed by atoms with E-state index in [0.717, 1.165) is 22.0 Å². The molecule has 0 bridgehead atoms. The van der Waals surface area contributed by atoms with E-state index in [1.165, 1.54) is 12.1 Å². The van der Waals surface area contributed by atoms with E-state index >= 15 is 0 Å². The number of aromatic nitrogens is 1. The lowest BCUT2D eigenvalue weighted by Gasteiger charge is -2.51. The Balaban J connectivity index is 1.64. The summed E-state index contributed by atoms with van der Waals surface area (Å²) in [5, 5.41) is 3.59. The molecule has 1 fully saturated rings. The van der Waals surface area contributed by atoms with Gasteiger partial charge in [0.15, 0.2) is 8.32 Å². The molecule has 48 heavy (non-hydrogen) atoms. The second-order valence-electron chi connectivity index (χ2n) is 16.0. The molecule has 1 aromatic heterocycles. The number of nitrogens with zero attached hydrogens (tertiary/aromatic N) is 3. The predicted octanol–water partition coefficient (Wildman–Crippen LogP) is 8.36.